The number of hydrogen-bond acceptors (Lipinski definition) is 3. The van der Waals surface area contributed by atoms with Gasteiger partial charge in [-0.25, -0.2) is 8.78 Å². The molecule has 3 aromatic rings. The number of rotatable bonds is 3. The van der Waals surface area contributed by atoms with Gasteiger partial charge in [-0.05, 0) is 42.5 Å². The number of carbonyl (C=O) groups is 2. The predicted molar refractivity (Wildman–Crippen MR) is 100 cm³/mol. The van der Waals surface area contributed by atoms with Crippen LogP contribution in [0.25, 0.3) is 0 Å². The van der Waals surface area contributed by atoms with E-state index in [-0.39, 0.29) is 11.6 Å². The van der Waals surface area contributed by atoms with E-state index in [0.29, 0.717) is 29.1 Å². The fourth-order valence-corrected chi connectivity index (χ4v) is 4.02. The quantitative estimate of drug-likeness (QED) is 0.724. The topological polar surface area (TPSA) is 49.4 Å². The maximum Gasteiger partial charge on any atom is 0.265 e. The van der Waals surface area contributed by atoms with Gasteiger partial charge in [0.1, 0.15) is 11.6 Å². The zero-order valence-electron chi connectivity index (χ0n) is 14.0. The second-order valence-electron chi connectivity index (χ2n) is 6.07. The maximum atomic E-state index is 13.7. The predicted octanol–water partition coefficient (Wildman–Crippen LogP) is 4.48. The van der Waals surface area contributed by atoms with E-state index in [1.165, 1.54) is 47.7 Å². The Morgan fingerprint density at radius 1 is 1.04 bits per heavy atom. The summed E-state index contributed by atoms with van der Waals surface area (Å²) < 4.78 is 26.8. The molecule has 0 saturated carbocycles. The molecule has 0 radical (unpaired) electrons. The molecule has 7 heteroatoms. The van der Waals surface area contributed by atoms with E-state index in [1.54, 1.807) is 23.1 Å². The number of carbonyl (C=O) groups excluding carboxylic acids is 2. The lowest BCUT2D eigenvalue weighted by molar-refractivity contribution is 0.0986. The molecule has 0 fully saturated rings. The van der Waals surface area contributed by atoms with E-state index in [4.69, 9.17) is 0 Å². The van der Waals surface area contributed by atoms with Crippen LogP contribution in [0.1, 0.15) is 24.9 Å². The first kappa shape index (κ1) is 17.4. The van der Waals surface area contributed by atoms with Gasteiger partial charge in [-0.1, -0.05) is 12.1 Å². The number of thiophene rings is 1. The molecule has 1 aromatic heterocycles. The van der Waals surface area contributed by atoms with Crippen LogP contribution >= 0.6 is 11.3 Å². The Bertz CT molecular complexity index is 1030. The summed E-state index contributed by atoms with van der Waals surface area (Å²) in [6, 6.07) is 12.9. The molecule has 1 N–H and O–H groups in total. The first-order valence-corrected chi connectivity index (χ1v) is 9.10. The summed E-state index contributed by atoms with van der Waals surface area (Å²) in [5.74, 6) is -1.58. The fourth-order valence-electron chi connectivity index (χ4n) is 2.98. The molecule has 27 heavy (non-hydrogen) atoms. The molecule has 2 amide bonds. The van der Waals surface area contributed by atoms with Gasteiger partial charge >= 0.3 is 0 Å². The van der Waals surface area contributed by atoms with Gasteiger partial charge in [0, 0.05) is 23.4 Å². The third kappa shape index (κ3) is 3.33. The standard InChI is InChI=1S/C20H14F2N2O2S/c21-13-7-5-12(6-8-13)20(26)24-10-9-17-16(24)11-18(27-17)19(25)23-15-4-2-1-3-14(15)22/h1-8,11H,9-10H2,(H,23,25). The molecule has 2 aromatic carbocycles. The summed E-state index contributed by atoms with van der Waals surface area (Å²) in [4.78, 5) is 28.0. The number of anilines is 2. The fraction of sp³-hybridized carbons (Fsp3) is 0.100. The van der Waals surface area contributed by atoms with Crippen molar-refractivity contribution in [3.63, 3.8) is 0 Å². The van der Waals surface area contributed by atoms with Crippen LogP contribution < -0.4 is 10.2 Å². The van der Waals surface area contributed by atoms with E-state index in [9.17, 15) is 18.4 Å². The first-order valence-electron chi connectivity index (χ1n) is 8.29. The Balaban J connectivity index is 1.56. The van der Waals surface area contributed by atoms with Gasteiger partial charge in [0.15, 0.2) is 0 Å². The Morgan fingerprint density at radius 3 is 2.52 bits per heavy atom. The normalized spacial score (nSPS) is 12.7. The lowest BCUT2D eigenvalue weighted by Crippen LogP contribution is -2.28. The number of hydrogen-bond donors (Lipinski definition) is 1. The molecule has 1 aliphatic rings. The Hall–Kier alpha value is -3.06. The SMILES string of the molecule is O=C(Nc1ccccc1F)c1cc2c(s1)CCN2C(=O)c1ccc(F)cc1. The lowest BCUT2D eigenvalue weighted by atomic mass is 10.2. The highest BCUT2D eigenvalue weighted by Crippen LogP contribution is 2.37. The van der Waals surface area contributed by atoms with Crippen LogP contribution in [0.3, 0.4) is 0 Å². The van der Waals surface area contributed by atoms with Crippen molar-refractivity contribution in [1.82, 2.24) is 0 Å². The van der Waals surface area contributed by atoms with Crippen LogP contribution in [0.15, 0.2) is 54.6 Å². The molecule has 0 spiro atoms. The molecule has 4 nitrogen and oxygen atoms in total. The number of amides is 2. The first-order chi connectivity index (χ1) is 13.0. The number of nitrogens with one attached hydrogen (secondary N) is 1. The highest BCUT2D eigenvalue weighted by molar-refractivity contribution is 7.14. The molecule has 4 rings (SSSR count). The number of para-hydroxylation sites is 1. The maximum absolute atomic E-state index is 13.7. The monoisotopic (exact) mass is 384 g/mol. The summed E-state index contributed by atoms with van der Waals surface area (Å²) in [6.45, 7) is 0.507. The number of benzene rings is 2. The Kier molecular flexibility index (Phi) is 4.45. The summed E-state index contributed by atoms with van der Waals surface area (Å²) in [5, 5.41) is 2.55. The highest BCUT2D eigenvalue weighted by atomic mass is 32.1. The lowest BCUT2D eigenvalue weighted by Gasteiger charge is -2.16. The number of nitrogens with zero attached hydrogens (tertiary/aromatic N) is 1. The van der Waals surface area contributed by atoms with Crippen molar-refractivity contribution in [1.29, 1.82) is 0 Å². The Morgan fingerprint density at radius 2 is 1.78 bits per heavy atom. The number of halogens is 2. The van der Waals surface area contributed by atoms with Gasteiger partial charge in [0.05, 0.1) is 16.3 Å². The molecule has 1 aliphatic heterocycles. The van der Waals surface area contributed by atoms with Crippen molar-refractivity contribution in [2.45, 2.75) is 6.42 Å². The summed E-state index contributed by atoms with van der Waals surface area (Å²) >= 11 is 1.29. The molecule has 0 unspecified atom stereocenters. The number of fused-ring (bicyclic) bond motifs is 1. The largest absolute Gasteiger partial charge is 0.319 e. The van der Waals surface area contributed by atoms with Gasteiger partial charge in [-0.3, -0.25) is 9.59 Å². The summed E-state index contributed by atoms with van der Waals surface area (Å²) in [7, 11) is 0. The van der Waals surface area contributed by atoms with Gasteiger partial charge in [0.25, 0.3) is 11.8 Å². The highest BCUT2D eigenvalue weighted by Gasteiger charge is 2.29. The van der Waals surface area contributed by atoms with E-state index < -0.39 is 17.5 Å². The molecule has 0 bridgehead atoms. The van der Waals surface area contributed by atoms with Crippen molar-refractivity contribution >= 4 is 34.5 Å². The molecule has 0 atom stereocenters. The van der Waals surface area contributed by atoms with Crippen molar-refractivity contribution in [3.8, 4) is 0 Å². The Labute approximate surface area is 158 Å². The minimum Gasteiger partial charge on any atom is -0.319 e. The van der Waals surface area contributed by atoms with Crippen LogP contribution in [0, 0.1) is 11.6 Å². The van der Waals surface area contributed by atoms with Gasteiger partial charge in [0.2, 0.25) is 0 Å². The summed E-state index contributed by atoms with van der Waals surface area (Å²) in [6.07, 6.45) is 0.639. The van der Waals surface area contributed by atoms with Crippen LogP contribution in [0.5, 0.6) is 0 Å². The van der Waals surface area contributed by atoms with Crippen LogP contribution in [0.4, 0.5) is 20.2 Å². The second-order valence-corrected chi connectivity index (χ2v) is 7.20. The molecule has 136 valence electrons. The minimum absolute atomic E-state index is 0.107. The average molecular weight is 384 g/mol. The van der Waals surface area contributed by atoms with Crippen LogP contribution in [-0.2, 0) is 6.42 Å². The van der Waals surface area contributed by atoms with E-state index in [0.717, 1.165) is 4.88 Å². The third-order valence-electron chi connectivity index (χ3n) is 4.32. The molecule has 0 saturated heterocycles. The van der Waals surface area contributed by atoms with Gasteiger partial charge < -0.3 is 10.2 Å². The van der Waals surface area contributed by atoms with E-state index >= 15 is 0 Å². The minimum atomic E-state index is -0.511. The van der Waals surface area contributed by atoms with Crippen LogP contribution in [-0.4, -0.2) is 18.4 Å². The van der Waals surface area contributed by atoms with E-state index in [1.807, 2.05) is 0 Å². The van der Waals surface area contributed by atoms with Gasteiger partial charge in [-0.15, -0.1) is 11.3 Å². The molecular weight excluding hydrogens is 370 g/mol. The third-order valence-corrected chi connectivity index (χ3v) is 5.50. The van der Waals surface area contributed by atoms with Gasteiger partial charge in [-0.2, -0.15) is 0 Å². The summed E-state index contributed by atoms with van der Waals surface area (Å²) in [5.41, 5.74) is 1.16. The molecular formula is C20H14F2N2O2S. The zero-order chi connectivity index (χ0) is 19.0. The van der Waals surface area contributed by atoms with Crippen molar-refractivity contribution < 1.29 is 18.4 Å². The van der Waals surface area contributed by atoms with E-state index in [2.05, 4.69) is 5.32 Å². The molecule has 2 heterocycles. The molecule has 0 aliphatic carbocycles. The van der Waals surface area contributed by atoms with Crippen molar-refractivity contribution in [2.75, 3.05) is 16.8 Å². The van der Waals surface area contributed by atoms with Crippen LogP contribution in [0.2, 0.25) is 0 Å². The smallest absolute Gasteiger partial charge is 0.265 e. The zero-order valence-corrected chi connectivity index (χ0v) is 14.9. The van der Waals surface area contributed by atoms with Crippen molar-refractivity contribution in [3.05, 3.63) is 81.5 Å². The average Bonchev–Trinajstić information content (AvgIpc) is 3.24. The van der Waals surface area contributed by atoms with Crippen molar-refractivity contribution in [2.24, 2.45) is 0 Å². The second kappa shape index (κ2) is 6.92.